The average molecular weight is 235 g/mol. The summed E-state index contributed by atoms with van der Waals surface area (Å²) in [5.41, 5.74) is 12.3. The molecular weight excluding hydrogens is 222 g/mol. The molecule has 2 aromatic heterocycles. The van der Waals surface area contributed by atoms with E-state index in [-0.39, 0.29) is 5.84 Å². The van der Waals surface area contributed by atoms with E-state index in [1.807, 2.05) is 4.57 Å². The van der Waals surface area contributed by atoms with E-state index in [1.54, 1.807) is 6.33 Å². The van der Waals surface area contributed by atoms with E-state index in [4.69, 9.17) is 16.7 Å². The zero-order valence-electron chi connectivity index (χ0n) is 9.11. The summed E-state index contributed by atoms with van der Waals surface area (Å²) >= 11 is 0. The zero-order valence-corrected chi connectivity index (χ0v) is 9.11. The second kappa shape index (κ2) is 4.64. The standard InChI is InChI=1S/C9H13N7O/c10-6(15-17)2-1-3-16-5-14-7-8(11)12-4-13-9(7)16/h4-5,17H,1-3H2,(H2,10,15)(H2,11,12,13). The molecule has 2 aromatic rings. The van der Waals surface area contributed by atoms with Crippen molar-refractivity contribution in [2.24, 2.45) is 10.9 Å². The van der Waals surface area contributed by atoms with Crippen LogP contribution in [-0.2, 0) is 6.54 Å². The molecule has 0 unspecified atom stereocenters. The van der Waals surface area contributed by atoms with Crippen LogP contribution in [0.3, 0.4) is 0 Å². The van der Waals surface area contributed by atoms with Crippen molar-refractivity contribution in [2.75, 3.05) is 5.73 Å². The third kappa shape index (κ3) is 2.25. The molecule has 2 rings (SSSR count). The van der Waals surface area contributed by atoms with Gasteiger partial charge in [0.2, 0.25) is 0 Å². The number of oxime groups is 1. The zero-order chi connectivity index (χ0) is 12.3. The van der Waals surface area contributed by atoms with Gasteiger partial charge in [0, 0.05) is 13.0 Å². The third-order valence-corrected chi connectivity index (χ3v) is 2.39. The lowest BCUT2D eigenvalue weighted by Gasteiger charge is -2.02. The quantitative estimate of drug-likeness (QED) is 0.294. The van der Waals surface area contributed by atoms with Crippen LogP contribution in [0.2, 0.25) is 0 Å². The first-order valence-electron chi connectivity index (χ1n) is 5.10. The van der Waals surface area contributed by atoms with Crippen molar-refractivity contribution < 1.29 is 5.21 Å². The molecule has 8 nitrogen and oxygen atoms in total. The maximum absolute atomic E-state index is 8.41. The molecule has 0 bridgehead atoms. The van der Waals surface area contributed by atoms with Gasteiger partial charge in [0.1, 0.15) is 17.7 Å². The lowest BCUT2D eigenvalue weighted by atomic mass is 10.3. The summed E-state index contributed by atoms with van der Waals surface area (Å²) in [5.74, 6) is 0.578. The lowest BCUT2D eigenvalue weighted by Crippen LogP contribution is -2.12. The summed E-state index contributed by atoms with van der Waals surface area (Å²) in [6.45, 7) is 0.670. The minimum absolute atomic E-state index is 0.212. The Kier molecular flexibility index (Phi) is 3.03. The monoisotopic (exact) mass is 235 g/mol. The molecule has 0 aromatic carbocycles. The van der Waals surface area contributed by atoms with Crippen LogP contribution >= 0.6 is 0 Å². The molecule has 0 aliphatic heterocycles. The Morgan fingerprint density at radius 2 is 2.24 bits per heavy atom. The molecule has 0 saturated heterocycles. The summed E-state index contributed by atoms with van der Waals surface area (Å²) in [7, 11) is 0. The van der Waals surface area contributed by atoms with E-state index in [1.165, 1.54) is 6.33 Å². The van der Waals surface area contributed by atoms with Gasteiger partial charge < -0.3 is 21.2 Å². The number of nitrogens with zero attached hydrogens (tertiary/aromatic N) is 5. The van der Waals surface area contributed by atoms with Gasteiger partial charge in [-0.3, -0.25) is 0 Å². The van der Waals surface area contributed by atoms with E-state index < -0.39 is 0 Å². The number of fused-ring (bicyclic) bond motifs is 1. The first-order chi connectivity index (χ1) is 8.22. The SMILES string of the molecule is NC(CCCn1cnc2c(N)ncnc21)=NO. The second-order valence-corrected chi connectivity index (χ2v) is 3.56. The van der Waals surface area contributed by atoms with Crippen molar-refractivity contribution in [2.45, 2.75) is 19.4 Å². The van der Waals surface area contributed by atoms with Crippen LogP contribution in [0.1, 0.15) is 12.8 Å². The number of rotatable bonds is 4. The van der Waals surface area contributed by atoms with Crippen LogP contribution in [-0.4, -0.2) is 30.6 Å². The van der Waals surface area contributed by atoms with Crippen LogP contribution in [0.4, 0.5) is 5.82 Å². The Balaban J connectivity index is 2.12. The molecule has 8 heteroatoms. The molecule has 5 N–H and O–H groups in total. The molecule has 0 atom stereocenters. The molecule has 0 fully saturated rings. The maximum Gasteiger partial charge on any atom is 0.165 e. The molecule has 2 heterocycles. The van der Waals surface area contributed by atoms with E-state index in [0.29, 0.717) is 29.9 Å². The van der Waals surface area contributed by atoms with Crippen molar-refractivity contribution in [1.82, 2.24) is 19.5 Å². The molecule has 90 valence electrons. The van der Waals surface area contributed by atoms with Gasteiger partial charge >= 0.3 is 0 Å². The summed E-state index contributed by atoms with van der Waals surface area (Å²) in [6, 6.07) is 0. The van der Waals surface area contributed by atoms with Gasteiger partial charge in [-0.15, -0.1) is 0 Å². The highest BCUT2D eigenvalue weighted by Crippen LogP contribution is 2.14. The van der Waals surface area contributed by atoms with Gasteiger partial charge in [-0.2, -0.15) is 0 Å². The lowest BCUT2D eigenvalue weighted by molar-refractivity contribution is 0.316. The van der Waals surface area contributed by atoms with Gasteiger partial charge in [-0.05, 0) is 6.42 Å². The van der Waals surface area contributed by atoms with E-state index in [2.05, 4.69) is 20.1 Å². The number of aromatic nitrogens is 4. The minimum atomic E-state index is 0.212. The summed E-state index contributed by atoms with van der Waals surface area (Å²) in [6.07, 6.45) is 4.30. The Morgan fingerprint density at radius 1 is 1.41 bits per heavy atom. The summed E-state index contributed by atoms with van der Waals surface area (Å²) in [4.78, 5) is 12.1. The van der Waals surface area contributed by atoms with Crippen molar-refractivity contribution in [1.29, 1.82) is 0 Å². The minimum Gasteiger partial charge on any atom is -0.409 e. The van der Waals surface area contributed by atoms with Crippen molar-refractivity contribution in [3.8, 4) is 0 Å². The number of amidine groups is 1. The number of hydrogen-bond donors (Lipinski definition) is 3. The van der Waals surface area contributed by atoms with Crippen LogP contribution in [0.15, 0.2) is 17.8 Å². The molecule has 0 aliphatic rings. The largest absolute Gasteiger partial charge is 0.409 e. The Labute approximate surface area is 97.0 Å². The molecule has 0 saturated carbocycles. The smallest absolute Gasteiger partial charge is 0.165 e. The number of imidazole rings is 1. The predicted molar refractivity (Wildman–Crippen MR) is 62.4 cm³/mol. The fourth-order valence-corrected chi connectivity index (χ4v) is 1.54. The number of aryl methyl sites for hydroxylation is 1. The van der Waals surface area contributed by atoms with Crippen molar-refractivity contribution in [3.05, 3.63) is 12.7 Å². The fourth-order valence-electron chi connectivity index (χ4n) is 1.54. The Hall–Kier alpha value is -2.38. The molecule has 0 radical (unpaired) electrons. The van der Waals surface area contributed by atoms with Crippen LogP contribution in [0.5, 0.6) is 0 Å². The van der Waals surface area contributed by atoms with Gasteiger partial charge in [0.25, 0.3) is 0 Å². The topological polar surface area (TPSA) is 128 Å². The first-order valence-corrected chi connectivity index (χ1v) is 5.10. The number of anilines is 1. The molecule has 0 aliphatic carbocycles. The van der Waals surface area contributed by atoms with Gasteiger partial charge in [-0.1, -0.05) is 5.16 Å². The summed E-state index contributed by atoms with van der Waals surface area (Å²) < 4.78 is 1.86. The highest BCUT2D eigenvalue weighted by atomic mass is 16.4. The van der Waals surface area contributed by atoms with Gasteiger partial charge in [-0.25, -0.2) is 15.0 Å². The number of nitrogens with two attached hydrogens (primary N) is 2. The summed E-state index contributed by atoms with van der Waals surface area (Å²) in [5, 5.41) is 11.3. The number of hydrogen-bond acceptors (Lipinski definition) is 6. The van der Waals surface area contributed by atoms with Gasteiger partial charge in [0.15, 0.2) is 11.5 Å². The van der Waals surface area contributed by atoms with Crippen LogP contribution in [0, 0.1) is 0 Å². The van der Waals surface area contributed by atoms with Crippen molar-refractivity contribution >= 4 is 22.8 Å². The average Bonchev–Trinajstić information content (AvgIpc) is 2.74. The normalized spacial score (nSPS) is 12.1. The highest BCUT2D eigenvalue weighted by molar-refractivity contribution is 5.81. The maximum atomic E-state index is 8.41. The molecule has 0 spiro atoms. The third-order valence-electron chi connectivity index (χ3n) is 2.39. The van der Waals surface area contributed by atoms with Crippen LogP contribution < -0.4 is 11.5 Å². The van der Waals surface area contributed by atoms with Crippen LogP contribution in [0.25, 0.3) is 11.2 Å². The second-order valence-electron chi connectivity index (χ2n) is 3.56. The van der Waals surface area contributed by atoms with Crippen molar-refractivity contribution in [3.63, 3.8) is 0 Å². The fraction of sp³-hybridized carbons (Fsp3) is 0.333. The molecule has 17 heavy (non-hydrogen) atoms. The Morgan fingerprint density at radius 3 is 3.00 bits per heavy atom. The highest BCUT2D eigenvalue weighted by Gasteiger charge is 2.07. The van der Waals surface area contributed by atoms with E-state index in [9.17, 15) is 0 Å². The van der Waals surface area contributed by atoms with E-state index in [0.717, 1.165) is 6.42 Å². The predicted octanol–water partition coefficient (Wildman–Crippen LogP) is -0.0649. The van der Waals surface area contributed by atoms with E-state index >= 15 is 0 Å². The molecule has 0 amide bonds. The molecular formula is C9H13N7O. The number of nitrogen functional groups attached to an aromatic ring is 1. The Bertz CT molecular complexity index is 547. The first kappa shape index (κ1) is 11.1. The van der Waals surface area contributed by atoms with Gasteiger partial charge in [0.05, 0.1) is 6.33 Å².